The quantitative estimate of drug-likeness (QED) is 0.838. The molecule has 3 heteroatoms. The van der Waals surface area contributed by atoms with Crippen molar-refractivity contribution in [3.8, 4) is 0 Å². The molecule has 0 saturated carbocycles. The summed E-state index contributed by atoms with van der Waals surface area (Å²) in [5.41, 5.74) is 6.23. The van der Waals surface area contributed by atoms with E-state index in [0.29, 0.717) is 13.1 Å². The Balaban J connectivity index is 2.66. The van der Waals surface area contributed by atoms with Crippen LogP contribution in [-0.4, -0.2) is 19.0 Å². The third-order valence-corrected chi connectivity index (χ3v) is 3.37. The molecule has 0 atom stereocenters. The Bertz CT molecular complexity index is 396. The zero-order valence-electron chi connectivity index (χ0n) is 11.8. The summed E-state index contributed by atoms with van der Waals surface area (Å²) in [7, 11) is 0. The van der Waals surface area contributed by atoms with Crippen LogP contribution >= 0.6 is 0 Å². The lowest BCUT2D eigenvalue weighted by Gasteiger charge is -2.28. The maximum absolute atomic E-state index is 12.0. The van der Waals surface area contributed by atoms with Gasteiger partial charge >= 0.3 is 0 Å². The molecule has 3 N–H and O–H groups in total. The van der Waals surface area contributed by atoms with Gasteiger partial charge in [-0.15, -0.1) is 0 Å². The van der Waals surface area contributed by atoms with E-state index < -0.39 is 5.41 Å². The number of carbonyl (C=O) groups is 1. The van der Waals surface area contributed by atoms with Gasteiger partial charge < -0.3 is 11.1 Å². The lowest BCUT2D eigenvalue weighted by molar-refractivity contribution is -0.129. The Morgan fingerprint density at radius 2 is 1.72 bits per heavy atom. The van der Waals surface area contributed by atoms with Crippen LogP contribution in [-0.2, 0) is 10.2 Å². The lowest BCUT2D eigenvalue weighted by Crippen LogP contribution is -2.45. The highest BCUT2D eigenvalue weighted by atomic mass is 16.2. The van der Waals surface area contributed by atoms with E-state index in [4.69, 9.17) is 5.73 Å². The number of amides is 1. The minimum absolute atomic E-state index is 0.00834. The number of carbonyl (C=O) groups excluding carboxylic acids is 1. The molecule has 1 aromatic carbocycles. The summed E-state index contributed by atoms with van der Waals surface area (Å²) in [5.74, 6) is 0.00834. The van der Waals surface area contributed by atoms with E-state index in [0.717, 1.165) is 0 Å². The smallest absolute Gasteiger partial charge is 0.226 e. The molecule has 1 amide bonds. The van der Waals surface area contributed by atoms with Crippen molar-refractivity contribution in [2.75, 3.05) is 13.1 Å². The Kier molecular flexibility index (Phi) is 4.52. The maximum atomic E-state index is 12.0. The third kappa shape index (κ3) is 3.57. The molecule has 3 nitrogen and oxygen atoms in total. The first-order valence-corrected chi connectivity index (χ1v) is 6.33. The second-order valence-electron chi connectivity index (χ2n) is 6.02. The first kappa shape index (κ1) is 14.7. The predicted octanol–water partition coefficient (Wildman–Crippen LogP) is 2.07. The van der Waals surface area contributed by atoms with Crippen molar-refractivity contribution in [3.63, 3.8) is 0 Å². The van der Waals surface area contributed by atoms with Crippen molar-refractivity contribution in [1.29, 1.82) is 0 Å². The van der Waals surface area contributed by atoms with Crippen LogP contribution in [0.15, 0.2) is 30.3 Å². The van der Waals surface area contributed by atoms with Gasteiger partial charge in [-0.25, -0.2) is 0 Å². The average Bonchev–Trinajstić information content (AvgIpc) is 2.37. The molecule has 0 aliphatic heterocycles. The molecule has 18 heavy (non-hydrogen) atoms. The van der Waals surface area contributed by atoms with Crippen LogP contribution in [0.1, 0.15) is 33.3 Å². The second-order valence-corrected chi connectivity index (χ2v) is 6.02. The van der Waals surface area contributed by atoms with E-state index in [9.17, 15) is 4.79 Å². The van der Waals surface area contributed by atoms with E-state index in [-0.39, 0.29) is 11.3 Å². The average molecular weight is 248 g/mol. The molecule has 100 valence electrons. The van der Waals surface area contributed by atoms with Gasteiger partial charge in [-0.2, -0.15) is 0 Å². The van der Waals surface area contributed by atoms with Crippen molar-refractivity contribution in [2.45, 2.75) is 33.1 Å². The fraction of sp³-hybridized carbons (Fsp3) is 0.533. The zero-order valence-corrected chi connectivity index (χ0v) is 11.8. The van der Waals surface area contributed by atoms with Crippen molar-refractivity contribution < 1.29 is 4.79 Å². The van der Waals surface area contributed by atoms with E-state index in [1.54, 1.807) is 0 Å². The molecule has 0 heterocycles. The van der Waals surface area contributed by atoms with Crippen LogP contribution in [0.3, 0.4) is 0 Å². The summed E-state index contributed by atoms with van der Waals surface area (Å²) >= 11 is 0. The molecule has 0 aliphatic carbocycles. The van der Waals surface area contributed by atoms with E-state index in [1.807, 2.05) is 32.0 Å². The zero-order chi connectivity index (χ0) is 13.8. The van der Waals surface area contributed by atoms with Gasteiger partial charge in [-0.1, -0.05) is 44.2 Å². The van der Waals surface area contributed by atoms with Crippen LogP contribution in [0.5, 0.6) is 0 Å². The number of nitrogens with two attached hydrogens (primary N) is 1. The summed E-state index contributed by atoms with van der Waals surface area (Å²) in [4.78, 5) is 12.0. The second kappa shape index (κ2) is 5.53. The van der Waals surface area contributed by atoms with Gasteiger partial charge in [0, 0.05) is 18.5 Å². The van der Waals surface area contributed by atoms with Crippen LogP contribution < -0.4 is 11.1 Å². The Hall–Kier alpha value is -1.35. The maximum Gasteiger partial charge on any atom is 0.226 e. The van der Waals surface area contributed by atoms with E-state index in [2.05, 4.69) is 31.3 Å². The molecule has 1 aromatic rings. The molecule has 0 aliphatic rings. The minimum Gasteiger partial charge on any atom is -0.355 e. The Labute approximate surface area is 110 Å². The molecule has 0 fully saturated rings. The first-order valence-electron chi connectivity index (χ1n) is 6.33. The fourth-order valence-corrected chi connectivity index (χ4v) is 1.62. The van der Waals surface area contributed by atoms with Gasteiger partial charge in [0.2, 0.25) is 5.91 Å². The molecular weight excluding hydrogens is 224 g/mol. The molecule has 1 rings (SSSR count). The predicted molar refractivity (Wildman–Crippen MR) is 75.3 cm³/mol. The monoisotopic (exact) mass is 248 g/mol. The molecule has 0 saturated heterocycles. The topological polar surface area (TPSA) is 55.1 Å². The largest absolute Gasteiger partial charge is 0.355 e. The van der Waals surface area contributed by atoms with Crippen LogP contribution in [0.25, 0.3) is 0 Å². The standard InChI is InChI=1S/C15H24N2O/c1-14(2,10-16)13(18)17-11-15(3,4)12-8-6-5-7-9-12/h5-9H,10-11,16H2,1-4H3,(H,17,18). The summed E-state index contributed by atoms with van der Waals surface area (Å²) in [6, 6.07) is 10.2. The summed E-state index contributed by atoms with van der Waals surface area (Å²) < 4.78 is 0. The normalized spacial score (nSPS) is 12.3. The van der Waals surface area contributed by atoms with Crippen molar-refractivity contribution in [3.05, 3.63) is 35.9 Å². The van der Waals surface area contributed by atoms with Crippen LogP contribution in [0.4, 0.5) is 0 Å². The summed E-state index contributed by atoms with van der Waals surface area (Å²) in [5, 5.41) is 2.99. The van der Waals surface area contributed by atoms with Gasteiger partial charge in [0.15, 0.2) is 0 Å². The Morgan fingerprint density at radius 1 is 1.17 bits per heavy atom. The Morgan fingerprint density at radius 3 is 2.22 bits per heavy atom. The molecular formula is C15H24N2O. The number of hydrogen-bond acceptors (Lipinski definition) is 2. The number of hydrogen-bond donors (Lipinski definition) is 2. The highest BCUT2D eigenvalue weighted by molar-refractivity contribution is 5.82. The molecule has 0 spiro atoms. The van der Waals surface area contributed by atoms with E-state index in [1.165, 1.54) is 5.56 Å². The summed E-state index contributed by atoms with van der Waals surface area (Å²) in [6.07, 6.45) is 0. The highest BCUT2D eigenvalue weighted by Gasteiger charge is 2.28. The van der Waals surface area contributed by atoms with Gasteiger partial charge in [0.05, 0.1) is 5.41 Å². The minimum atomic E-state index is -0.507. The SMILES string of the molecule is CC(C)(CN)C(=O)NCC(C)(C)c1ccccc1. The molecule has 0 aromatic heterocycles. The lowest BCUT2D eigenvalue weighted by atomic mass is 9.84. The number of benzene rings is 1. The van der Waals surface area contributed by atoms with Gasteiger partial charge in [0.25, 0.3) is 0 Å². The van der Waals surface area contributed by atoms with E-state index >= 15 is 0 Å². The van der Waals surface area contributed by atoms with Crippen LogP contribution in [0, 0.1) is 5.41 Å². The molecule has 0 radical (unpaired) electrons. The van der Waals surface area contributed by atoms with Gasteiger partial charge in [0.1, 0.15) is 0 Å². The number of nitrogens with one attached hydrogen (secondary N) is 1. The van der Waals surface area contributed by atoms with Crippen molar-refractivity contribution in [2.24, 2.45) is 11.1 Å². The van der Waals surface area contributed by atoms with Gasteiger partial charge in [-0.05, 0) is 19.4 Å². The fourth-order valence-electron chi connectivity index (χ4n) is 1.62. The highest BCUT2D eigenvalue weighted by Crippen LogP contribution is 2.22. The third-order valence-electron chi connectivity index (χ3n) is 3.37. The first-order chi connectivity index (χ1) is 8.29. The van der Waals surface area contributed by atoms with Crippen LogP contribution in [0.2, 0.25) is 0 Å². The molecule has 0 unspecified atom stereocenters. The number of rotatable bonds is 5. The van der Waals surface area contributed by atoms with Gasteiger partial charge in [-0.3, -0.25) is 4.79 Å². The summed E-state index contributed by atoms with van der Waals surface area (Å²) in [6.45, 7) is 8.93. The molecule has 0 bridgehead atoms. The van der Waals surface area contributed by atoms with Crippen molar-refractivity contribution >= 4 is 5.91 Å². The van der Waals surface area contributed by atoms with Crippen molar-refractivity contribution in [1.82, 2.24) is 5.32 Å².